The lowest BCUT2D eigenvalue weighted by Crippen LogP contribution is -2.38. The fourth-order valence-electron chi connectivity index (χ4n) is 2.28. The topological polar surface area (TPSA) is 32.3 Å². The molecule has 3 nitrogen and oxygen atoms in total. The number of hydrogen-bond donors (Lipinski definition) is 1. The SMILES string of the molecule is CSc1ccc(CN(C)C(=O)NC(C)c2ccccc2Br)cc1. The summed E-state index contributed by atoms with van der Waals surface area (Å²) in [5, 5.41) is 3.03. The van der Waals surface area contributed by atoms with Gasteiger partial charge in [0.25, 0.3) is 0 Å². The molecule has 1 atom stereocenters. The van der Waals surface area contributed by atoms with Gasteiger partial charge in [-0.1, -0.05) is 46.3 Å². The summed E-state index contributed by atoms with van der Waals surface area (Å²) >= 11 is 5.24. The van der Waals surface area contributed by atoms with Gasteiger partial charge in [-0.3, -0.25) is 0 Å². The molecule has 2 aromatic carbocycles. The minimum atomic E-state index is -0.0813. The monoisotopic (exact) mass is 392 g/mol. The molecule has 5 heteroatoms. The van der Waals surface area contributed by atoms with Crippen molar-refractivity contribution in [3.63, 3.8) is 0 Å². The van der Waals surface area contributed by atoms with Gasteiger partial charge in [0, 0.05) is 23.0 Å². The Morgan fingerprint density at radius 3 is 2.48 bits per heavy atom. The average Bonchev–Trinajstić information content (AvgIpc) is 2.55. The maximum Gasteiger partial charge on any atom is 0.317 e. The molecule has 0 aliphatic heterocycles. The van der Waals surface area contributed by atoms with Crippen LogP contribution in [-0.4, -0.2) is 24.2 Å². The largest absolute Gasteiger partial charge is 0.331 e. The molecule has 0 fully saturated rings. The van der Waals surface area contributed by atoms with Crippen LogP contribution in [0.2, 0.25) is 0 Å². The highest BCUT2D eigenvalue weighted by Gasteiger charge is 2.15. The molecule has 23 heavy (non-hydrogen) atoms. The number of nitrogens with one attached hydrogen (secondary N) is 1. The molecule has 1 unspecified atom stereocenters. The molecule has 1 N–H and O–H groups in total. The summed E-state index contributed by atoms with van der Waals surface area (Å²) < 4.78 is 1.00. The second-order valence-corrected chi connectivity index (χ2v) is 7.13. The molecule has 0 bridgehead atoms. The van der Waals surface area contributed by atoms with E-state index in [0.29, 0.717) is 6.54 Å². The van der Waals surface area contributed by atoms with E-state index in [2.05, 4.69) is 51.8 Å². The molecule has 0 aliphatic rings. The van der Waals surface area contributed by atoms with Crippen molar-refractivity contribution in [3.8, 4) is 0 Å². The van der Waals surface area contributed by atoms with Crippen LogP contribution in [0.3, 0.4) is 0 Å². The van der Waals surface area contributed by atoms with Crippen molar-refractivity contribution in [2.45, 2.75) is 24.4 Å². The highest BCUT2D eigenvalue weighted by Crippen LogP contribution is 2.23. The lowest BCUT2D eigenvalue weighted by Gasteiger charge is -2.22. The van der Waals surface area contributed by atoms with Gasteiger partial charge in [-0.05, 0) is 42.5 Å². The van der Waals surface area contributed by atoms with E-state index >= 15 is 0 Å². The highest BCUT2D eigenvalue weighted by molar-refractivity contribution is 9.10. The Morgan fingerprint density at radius 1 is 1.22 bits per heavy atom. The van der Waals surface area contributed by atoms with E-state index in [-0.39, 0.29) is 12.1 Å². The van der Waals surface area contributed by atoms with Crippen molar-refractivity contribution in [3.05, 3.63) is 64.1 Å². The fraction of sp³-hybridized carbons (Fsp3) is 0.278. The van der Waals surface area contributed by atoms with Crippen LogP contribution in [0.4, 0.5) is 4.79 Å². The number of carbonyl (C=O) groups excluding carboxylic acids is 1. The molecular formula is C18H21BrN2OS. The first kappa shape index (κ1) is 17.9. The van der Waals surface area contributed by atoms with E-state index in [0.717, 1.165) is 15.6 Å². The predicted molar refractivity (Wildman–Crippen MR) is 101 cm³/mol. The average molecular weight is 393 g/mol. The van der Waals surface area contributed by atoms with Crippen molar-refractivity contribution in [2.24, 2.45) is 0 Å². The van der Waals surface area contributed by atoms with E-state index in [1.165, 1.54) is 4.90 Å². The van der Waals surface area contributed by atoms with E-state index in [9.17, 15) is 4.79 Å². The first-order valence-corrected chi connectivity index (χ1v) is 9.42. The molecule has 0 aromatic heterocycles. The standard InChI is InChI=1S/C18H21BrN2OS/c1-13(16-6-4-5-7-17(16)19)20-18(22)21(2)12-14-8-10-15(23-3)11-9-14/h4-11,13H,12H2,1-3H3,(H,20,22). The normalized spacial score (nSPS) is 11.8. The van der Waals surface area contributed by atoms with Crippen LogP contribution in [0.25, 0.3) is 0 Å². The van der Waals surface area contributed by atoms with Crippen LogP contribution in [0.5, 0.6) is 0 Å². The van der Waals surface area contributed by atoms with Crippen molar-refractivity contribution in [1.82, 2.24) is 10.2 Å². The molecule has 0 spiro atoms. The highest BCUT2D eigenvalue weighted by atomic mass is 79.9. The Balaban J connectivity index is 1.95. The van der Waals surface area contributed by atoms with Gasteiger partial charge in [-0.15, -0.1) is 11.8 Å². The molecule has 0 heterocycles. The van der Waals surface area contributed by atoms with Crippen molar-refractivity contribution < 1.29 is 4.79 Å². The lowest BCUT2D eigenvalue weighted by molar-refractivity contribution is 0.203. The molecule has 0 saturated heterocycles. The van der Waals surface area contributed by atoms with E-state index in [1.54, 1.807) is 16.7 Å². The van der Waals surface area contributed by atoms with Crippen LogP contribution in [0.15, 0.2) is 57.9 Å². The van der Waals surface area contributed by atoms with Gasteiger partial charge in [0.1, 0.15) is 0 Å². The second kappa shape index (κ2) is 8.41. The minimum absolute atomic E-state index is 0.0561. The molecule has 0 aliphatic carbocycles. The Hall–Kier alpha value is -1.46. The molecule has 2 aromatic rings. The van der Waals surface area contributed by atoms with Crippen molar-refractivity contribution in [2.75, 3.05) is 13.3 Å². The zero-order valence-corrected chi connectivity index (χ0v) is 15.9. The first-order valence-electron chi connectivity index (χ1n) is 7.40. The molecule has 0 radical (unpaired) electrons. The van der Waals surface area contributed by atoms with Gasteiger partial charge in [-0.25, -0.2) is 4.79 Å². The van der Waals surface area contributed by atoms with E-state index in [4.69, 9.17) is 0 Å². The van der Waals surface area contributed by atoms with Crippen LogP contribution in [0, 0.1) is 0 Å². The number of halogens is 1. The zero-order chi connectivity index (χ0) is 16.8. The van der Waals surface area contributed by atoms with Gasteiger partial charge < -0.3 is 10.2 Å². The van der Waals surface area contributed by atoms with E-state index in [1.807, 2.05) is 38.2 Å². The Labute approximate surface area is 150 Å². The number of carbonyl (C=O) groups is 1. The number of thioether (sulfide) groups is 1. The maximum absolute atomic E-state index is 12.4. The molecule has 2 rings (SSSR count). The summed E-state index contributed by atoms with van der Waals surface area (Å²) in [7, 11) is 1.81. The molecule has 2 amide bonds. The predicted octanol–water partition coefficient (Wildman–Crippen LogP) is 5.07. The molecular weight excluding hydrogens is 372 g/mol. The van der Waals surface area contributed by atoms with Gasteiger partial charge in [-0.2, -0.15) is 0 Å². The minimum Gasteiger partial charge on any atom is -0.331 e. The third-order valence-corrected chi connectivity index (χ3v) is 5.10. The van der Waals surface area contributed by atoms with Crippen LogP contribution < -0.4 is 5.32 Å². The number of hydrogen-bond acceptors (Lipinski definition) is 2. The summed E-state index contributed by atoms with van der Waals surface area (Å²) in [5.74, 6) is 0. The summed E-state index contributed by atoms with van der Waals surface area (Å²) in [6, 6.07) is 16.1. The molecule has 122 valence electrons. The van der Waals surface area contributed by atoms with Gasteiger partial charge >= 0.3 is 6.03 Å². The van der Waals surface area contributed by atoms with Gasteiger partial charge in [0.2, 0.25) is 0 Å². The van der Waals surface area contributed by atoms with Gasteiger partial charge in [0.05, 0.1) is 6.04 Å². The fourth-order valence-corrected chi connectivity index (χ4v) is 3.31. The van der Waals surface area contributed by atoms with Crippen molar-refractivity contribution in [1.29, 1.82) is 0 Å². The number of urea groups is 1. The summed E-state index contributed by atoms with van der Waals surface area (Å²) in [6.45, 7) is 2.57. The summed E-state index contributed by atoms with van der Waals surface area (Å²) in [6.07, 6.45) is 2.05. The second-order valence-electron chi connectivity index (χ2n) is 5.40. The Kier molecular flexibility index (Phi) is 6.54. The number of amides is 2. The number of benzene rings is 2. The quantitative estimate of drug-likeness (QED) is 0.719. The van der Waals surface area contributed by atoms with Crippen LogP contribution in [0.1, 0.15) is 24.1 Å². The number of nitrogens with zero attached hydrogens (tertiary/aromatic N) is 1. The summed E-state index contributed by atoms with van der Waals surface area (Å²) in [4.78, 5) is 15.3. The van der Waals surface area contributed by atoms with Gasteiger partial charge in [0.15, 0.2) is 0 Å². The lowest BCUT2D eigenvalue weighted by atomic mass is 10.1. The van der Waals surface area contributed by atoms with E-state index < -0.39 is 0 Å². The summed E-state index contributed by atoms with van der Waals surface area (Å²) in [5.41, 5.74) is 2.19. The Bertz CT molecular complexity index is 660. The Morgan fingerprint density at radius 2 is 1.87 bits per heavy atom. The third kappa shape index (κ3) is 5.01. The van der Waals surface area contributed by atoms with Crippen molar-refractivity contribution >= 4 is 33.7 Å². The third-order valence-electron chi connectivity index (χ3n) is 3.64. The maximum atomic E-state index is 12.4. The smallest absolute Gasteiger partial charge is 0.317 e. The number of rotatable bonds is 5. The molecule has 0 saturated carbocycles. The first-order chi connectivity index (χ1) is 11.0. The zero-order valence-electron chi connectivity index (χ0n) is 13.5. The van der Waals surface area contributed by atoms with Crippen LogP contribution >= 0.6 is 27.7 Å². The van der Waals surface area contributed by atoms with Crippen LogP contribution in [-0.2, 0) is 6.54 Å².